The maximum atomic E-state index is 10.4. The van der Waals surface area contributed by atoms with Gasteiger partial charge in [-0.15, -0.1) is 0 Å². The number of hydrogen-bond donors (Lipinski definition) is 1. The highest BCUT2D eigenvalue weighted by molar-refractivity contribution is 7.76. The van der Waals surface area contributed by atoms with Crippen LogP contribution in [-0.2, 0) is 11.3 Å². The second kappa shape index (κ2) is 3.43. The monoisotopic (exact) mass is 163 g/mol. The number of rotatable bonds is 2. The summed E-state index contributed by atoms with van der Waals surface area (Å²) in [6.45, 7) is 1.27. The van der Waals surface area contributed by atoms with Crippen molar-refractivity contribution in [3.63, 3.8) is 0 Å². The molecule has 0 radical (unpaired) electrons. The van der Waals surface area contributed by atoms with Crippen molar-refractivity contribution in [1.82, 2.24) is 9.62 Å². The van der Waals surface area contributed by atoms with E-state index in [-0.39, 0.29) is 0 Å². The molecule has 0 aromatic rings. The number of nitrogens with zero attached hydrogens (tertiary/aromatic N) is 1. The molecular weight excluding hydrogens is 152 g/mol. The summed E-state index contributed by atoms with van der Waals surface area (Å²) in [6.07, 6.45) is 0.921. The zero-order chi connectivity index (χ0) is 7.56. The van der Waals surface area contributed by atoms with Gasteiger partial charge in [0.15, 0.2) is 0 Å². The lowest BCUT2D eigenvalue weighted by Crippen LogP contribution is -2.30. The van der Waals surface area contributed by atoms with Crippen LogP contribution in [0.5, 0.6) is 0 Å². The molecule has 0 saturated carbocycles. The van der Waals surface area contributed by atoms with Crippen molar-refractivity contribution in [2.45, 2.75) is 12.5 Å². The number of hydrogen-bond acceptors (Lipinski definition) is 3. The van der Waals surface area contributed by atoms with Crippen molar-refractivity contribution in [1.29, 1.82) is 0 Å². The third-order valence-corrected chi connectivity index (χ3v) is 2.52. The van der Waals surface area contributed by atoms with Crippen LogP contribution in [0.15, 0.2) is 0 Å². The normalized spacial score (nSPS) is 30.8. The molecule has 0 aliphatic carbocycles. The molecule has 10 heavy (non-hydrogen) atoms. The van der Waals surface area contributed by atoms with Crippen LogP contribution >= 0.6 is 0 Å². The summed E-state index contributed by atoms with van der Waals surface area (Å²) in [4.78, 5) is 0. The van der Waals surface area contributed by atoms with Gasteiger partial charge in [0.05, 0.1) is 0 Å². The first-order chi connectivity index (χ1) is 4.74. The summed E-state index contributed by atoms with van der Waals surface area (Å²) in [5.41, 5.74) is 0. The van der Waals surface area contributed by atoms with Crippen LogP contribution in [0.25, 0.3) is 0 Å². The minimum Gasteiger partial charge on any atom is -0.760 e. The average molecular weight is 163 g/mol. The Morgan fingerprint density at radius 3 is 2.80 bits per heavy atom. The highest BCUT2D eigenvalue weighted by Gasteiger charge is 2.20. The van der Waals surface area contributed by atoms with E-state index in [0.29, 0.717) is 19.1 Å². The van der Waals surface area contributed by atoms with Crippen molar-refractivity contribution >= 4 is 11.3 Å². The van der Waals surface area contributed by atoms with Gasteiger partial charge in [-0.1, -0.05) is 0 Å². The highest BCUT2D eigenvalue weighted by atomic mass is 32.2. The smallest absolute Gasteiger partial charge is 0.0257 e. The van der Waals surface area contributed by atoms with E-state index in [9.17, 15) is 8.76 Å². The molecular formula is C5H11N2O2S-. The molecule has 0 amide bonds. The molecule has 5 heteroatoms. The molecule has 0 aromatic heterocycles. The van der Waals surface area contributed by atoms with Gasteiger partial charge in [-0.25, -0.2) is 4.31 Å². The second-order valence-corrected chi connectivity index (χ2v) is 3.33. The largest absolute Gasteiger partial charge is 0.760 e. The lowest BCUT2D eigenvalue weighted by molar-refractivity contribution is 0.430. The molecule has 2 unspecified atom stereocenters. The van der Waals surface area contributed by atoms with Crippen LogP contribution in [0.2, 0.25) is 0 Å². The van der Waals surface area contributed by atoms with Gasteiger partial charge in [0, 0.05) is 30.4 Å². The molecule has 0 bridgehead atoms. The van der Waals surface area contributed by atoms with Crippen LogP contribution < -0.4 is 5.32 Å². The van der Waals surface area contributed by atoms with Crippen molar-refractivity contribution in [2.24, 2.45) is 0 Å². The maximum Gasteiger partial charge on any atom is 0.0257 e. The molecule has 1 N–H and O–H groups in total. The minimum absolute atomic E-state index is 0.345. The average Bonchev–Trinajstić information content (AvgIpc) is 2.34. The molecule has 1 aliphatic rings. The van der Waals surface area contributed by atoms with E-state index in [1.165, 1.54) is 4.31 Å². The molecule has 60 valence electrons. The minimum atomic E-state index is -2.02. The van der Waals surface area contributed by atoms with Gasteiger partial charge in [0.1, 0.15) is 0 Å². The van der Waals surface area contributed by atoms with E-state index in [1.807, 2.05) is 7.05 Å². The summed E-state index contributed by atoms with van der Waals surface area (Å²) in [5, 5.41) is 3.03. The summed E-state index contributed by atoms with van der Waals surface area (Å²) in [5.74, 6) is 0. The molecule has 1 saturated heterocycles. The Morgan fingerprint density at radius 1 is 1.80 bits per heavy atom. The fraction of sp³-hybridized carbons (Fsp3) is 1.00. The fourth-order valence-corrected chi connectivity index (χ4v) is 1.66. The first kappa shape index (κ1) is 8.13. The standard InChI is InChI=1S/C5H12N2O2S/c1-6-5-2-3-7(4-5)10(8)9/h5-6H,2-4H2,1H3,(H,8,9)/p-1. The van der Waals surface area contributed by atoms with Crippen LogP contribution in [-0.4, -0.2) is 39.2 Å². The number of nitrogens with one attached hydrogen (secondary N) is 1. The van der Waals surface area contributed by atoms with Gasteiger partial charge in [0.25, 0.3) is 0 Å². The number of likely N-dealkylation sites (N-methyl/N-ethyl adjacent to an activating group) is 1. The molecule has 4 nitrogen and oxygen atoms in total. The first-order valence-corrected chi connectivity index (χ1v) is 4.29. The zero-order valence-electron chi connectivity index (χ0n) is 5.87. The molecule has 1 heterocycles. The summed E-state index contributed by atoms with van der Waals surface area (Å²) in [6, 6.07) is 0.345. The van der Waals surface area contributed by atoms with E-state index >= 15 is 0 Å². The summed E-state index contributed by atoms with van der Waals surface area (Å²) in [7, 11) is 1.85. The SMILES string of the molecule is CNC1CCN(S(=O)[O-])C1. The zero-order valence-corrected chi connectivity index (χ0v) is 6.69. The Balaban J connectivity index is 2.35. The van der Waals surface area contributed by atoms with Crippen LogP contribution in [0.4, 0.5) is 0 Å². The predicted molar refractivity (Wildman–Crippen MR) is 38.0 cm³/mol. The van der Waals surface area contributed by atoms with Crippen molar-refractivity contribution in [2.75, 3.05) is 20.1 Å². The Labute approximate surface area is 63.0 Å². The second-order valence-electron chi connectivity index (χ2n) is 2.38. The van der Waals surface area contributed by atoms with Crippen LogP contribution in [0.3, 0.4) is 0 Å². The first-order valence-electron chi connectivity index (χ1n) is 3.25. The Kier molecular flexibility index (Phi) is 2.79. The lowest BCUT2D eigenvalue weighted by Gasteiger charge is -2.17. The molecule has 0 aromatic carbocycles. The van der Waals surface area contributed by atoms with Gasteiger partial charge in [0.2, 0.25) is 0 Å². The lowest BCUT2D eigenvalue weighted by atomic mass is 10.3. The van der Waals surface area contributed by atoms with Gasteiger partial charge in [-0.3, -0.25) is 4.21 Å². The molecule has 0 spiro atoms. The Hall–Kier alpha value is 0.0300. The van der Waals surface area contributed by atoms with Gasteiger partial charge in [-0.2, -0.15) is 0 Å². The van der Waals surface area contributed by atoms with Crippen molar-refractivity contribution in [3.05, 3.63) is 0 Å². The predicted octanol–water partition coefficient (Wildman–Crippen LogP) is -0.926. The van der Waals surface area contributed by atoms with E-state index in [1.54, 1.807) is 0 Å². The van der Waals surface area contributed by atoms with Crippen LogP contribution in [0, 0.1) is 0 Å². The van der Waals surface area contributed by atoms with E-state index < -0.39 is 11.3 Å². The topological polar surface area (TPSA) is 55.4 Å². The summed E-state index contributed by atoms with van der Waals surface area (Å²) >= 11 is -2.02. The Morgan fingerprint density at radius 2 is 2.50 bits per heavy atom. The Bertz CT molecular complexity index is 142. The fourth-order valence-electron chi connectivity index (χ4n) is 1.10. The van der Waals surface area contributed by atoms with E-state index in [2.05, 4.69) is 5.32 Å². The molecule has 1 rings (SSSR count). The van der Waals surface area contributed by atoms with Crippen LogP contribution in [0.1, 0.15) is 6.42 Å². The molecule has 1 aliphatic heterocycles. The third kappa shape index (κ3) is 1.76. The highest BCUT2D eigenvalue weighted by Crippen LogP contribution is 2.08. The molecule has 1 fully saturated rings. The quantitative estimate of drug-likeness (QED) is 0.535. The van der Waals surface area contributed by atoms with E-state index in [0.717, 1.165) is 6.42 Å². The van der Waals surface area contributed by atoms with Gasteiger partial charge in [-0.05, 0) is 13.5 Å². The summed E-state index contributed by atoms with van der Waals surface area (Å²) < 4.78 is 22.2. The van der Waals surface area contributed by atoms with Crippen molar-refractivity contribution < 1.29 is 8.76 Å². The molecule has 2 atom stereocenters. The van der Waals surface area contributed by atoms with Gasteiger partial charge < -0.3 is 9.87 Å². The van der Waals surface area contributed by atoms with Gasteiger partial charge >= 0.3 is 0 Å². The van der Waals surface area contributed by atoms with E-state index in [4.69, 9.17) is 0 Å². The third-order valence-electron chi connectivity index (χ3n) is 1.77. The maximum absolute atomic E-state index is 10.4. The van der Waals surface area contributed by atoms with Crippen molar-refractivity contribution in [3.8, 4) is 0 Å².